The Labute approximate surface area is 285 Å². The second-order valence-electron chi connectivity index (χ2n) is 12.5. The summed E-state index contributed by atoms with van der Waals surface area (Å²) in [6.45, 7) is 7.59. The molecule has 0 aliphatic rings. The van der Waals surface area contributed by atoms with E-state index in [9.17, 15) is 19.9 Å². The molecule has 2 unspecified atom stereocenters. The van der Waals surface area contributed by atoms with Crippen molar-refractivity contribution in [3.05, 3.63) is 108 Å². The first-order valence-electron chi connectivity index (χ1n) is 15.9. The Bertz CT molecular complexity index is 1350. The number of ether oxygens (including phenoxy) is 2. The molecular weight excluding hydrogens is 631 g/mol. The number of rotatable bonds is 16. The molecule has 2 atom stereocenters. The summed E-state index contributed by atoms with van der Waals surface area (Å²) in [5.74, 6) is -1.64. The summed E-state index contributed by atoms with van der Waals surface area (Å²) in [5.41, 5.74) is 0.00724. The van der Waals surface area contributed by atoms with E-state index in [1.165, 1.54) is 14.2 Å². The van der Waals surface area contributed by atoms with Crippen LogP contribution >= 0.6 is 19.5 Å². The van der Waals surface area contributed by atoms with Gasteiger partial charge in [0.2, 0.25) is 0 Å². The van der Waals surface area contributed by atoms with Crippen LogP contribution in [0.25, 0.3) is 0 Å². The minimum atomic E-state index is -5.76. The monoisotopic (exact) mass is 682 g/mol. The first-order chi connectivity index (χ1) is 22.2. The Kier molecular flexibility index (Phi) is 13.1. The van der Waals surface area contributed by atoms with Crippen LogP contribution in [0.1, 0.15) is 50.8 Å². The summed E-state index contributed by atoms with van der Waals surface area (Å²) >= 11 is 5.38. The first kappa shape index (κ1) is 38.5. The average Bonchev–Trinajstić information content (AvgIpc) is 3.06. The van der Waals surface area contributed by atoms with E-state index in [-0.39, 0.29) is 30.2 Å². The van der Waals surface area contributed by atoms with Crippen molar-refractivity contribution < 1.29 is 24.2 Å². The van der Waals surface area contributed by atoms with Crippen LogP contribution in [0.3, 0.4) is 0 Å². The van der Waals surface area contributed by atoms with Gasteiger partial charge in [-0.2, -0.15) is 0 Å². The van der Waals surface area contributed by atoms with Crippen LogP contribution in [0.5, 0.6) is 0 Å². The molecule has 0 saturated heterocycles. The molecule has 0 aliphatic carbocycles. The zero-order valence-electron chi connectivity index (χ0n) is 28.5. The summed E-state index contributed by atoms with van der Waals surface area (Å²) in [6.07, 6.45) is -0.781. The molecule has 0 aliphatic heterocycles. The van der Waals surface area contributed by atoms with Crippen LogP contribution in [0.15, 0.2) is 91.0 Å². The number of nitriles is 1. The SMILES string of the molecule is CNC(=S)NCC(CC(OC)(OC)C(c1ccccc1)(c1ccccc1)c1ccccc1)P(O)(O)(O)CC(C#N)N(C(C)C)C(C)C. The predicted molar refractivity (Wildman–Crippen MR) is 194 cm³/mol. The predicted octanol–water partition coefficient (Wildman–Crippen LogP) is 5.15. The molecule has 0 fully saturated rings. The van der Waals surface area contributed by atoms with E-state index < -0.39 is 36.3 Å². The van der Waals surface area contributed by atoms with Crippen molar-refractivity contribution in [2.24, 2.45) is 0 Å². The van der Waals surface area contributed by atoms with Crippen molar-refractivity contribution in [2.45, 2.75) is 69.1 Å². The molecule has 9 nitrogen and oxygen atoms in total. The van der Waals surface area contributed by atoms with Crippen molar-refractivity contribution in [3.63, 3.8) is 0 Å². The van der Waals surface area contributed by atoms with Gasteiger partial charge in [0.05, 0.1) is 0 Å². The van der Waals surface area contributed by atoms with Crippen LogP contribution in [-0.4, -0.2) is 88.2 Å². The number of thiocarbonyl (C=S) groups is 1. The summed E-state index contributed by atoms with van der Waals surface area (Å²) in [6, 6.07) is 30.4. The number of benzene rings is 3. The molecule has 0 aromatic heterocycles. The fraction of sp³-hybridized carbons (Fsp3) is 0.444. The van der Waals surface area contributed by atoms with E-state index in [4.69, 9.17) is 21.7 Å². The third-order valence-corrected chi connectivity index (χ3v) is 12.3. The quantitative estimate of drug-likeness (QED) is 0.0599. The van der Waals surface area contributed by atoms with Crippen LogP contribution < -0.4 is 10.6 Å². The Morgan fingerprint density at radius 2 is 1.23 bits per heavy atom. The molecule has 0 spiro atoms. The topological polar surface area (TPSA) is 130 Å². The molecule has 0 heterocycles. The van der Waals surface area contributed by atoms with E-state index in [1.54, 1.807) is 7.05 Å². The van der Waals surface area contributed by atoms with Gasteiger partial charge in [0.25, 0.3) is 0 Å². The molecule has 0 amide bonds. The Morgan fingerprint density at radius 3 is 1.55 bits per heavy atom. The van der Waals surface area contributed by atoms with E-state index in [2.05, 4.69) is 16.7 Å². The molecule has 47 heavy (non-hydrogen) atoms. The van der Waals surface area contributed by atoms with Crippen molar-refractivity contribution in [2.75, 3.05) is 34.0 Å². The third-order valence-electron chi connectivity index (χ3n) is 9.05. The van der Waals surface area contributed by atoms with Crippen LogP contribution in [0, 0.1) is 11.3 Å². The molecular formula is C36H51N4O5PS. The summed E-state index contributed by atoms with van der Waals surface area (Å²) in [5, 5.41) is 16.5. The van der Waals surface area contributed by atoms with Gasteiger partial charge in [-0.25, -0.2) is 0 Å². The van der Waals surface area contributed by atoms with Crippen molar-refractivity contribution in [1.82, 2.24) is 15.5 Å². The fourth-order valence-corrected chi connectivity index (χ4v) is 9.38. The molecule has 0 saturated carbocycles. The van der Waals surface area contributed by atoms with Crippen molar-refractivity contribution >= 4 is 24.6 Å². The number of methoxy groups -OCH3 is 2. The van der Waals surface area contributed by atoms with Gasteiger partial charge in [-0.3, -0.25) is 0 Å². The van der Waals surface area contributed by atoms with Gasteiger partial charge in [-0.05, 0) is 0 Å². The third kappa shape index (κ3) is 8.19. The Morgan fingerprint density at radius 1 is 0.830 bits per heavy atom. The molecule has 3 aromatic rings. The van der Waals surface area contributed by atoms with Gasteiger partial charge in [0.1, 0.15) is 0 Å². The van der Waals surface area contributed by atoms with E-state index >= 15 is 0 Å². The van der Waals surface area contributed by atoms with Gasteiger partial charge in [0, 0.05) is 0 Å². The fourth-order valence-electron chi connectivity index (χ4n) is 6.99. The number of hydrogen-bond donors (Lipinski definition) is 5. The first-order valence-corrected chi connectivity index (χ1v) is 18.6. The van der Waals surface area contributed by atoms with Gasteiger partial charge in [-0.1, -0.05) is 0 Å². The normalized spacial score (nSPS) is 14.7. The molecule has 5 N–H and O–H groups in total. The molecule has 256 valence electrons. The molecule has 0 radical (unpaired) electrons. The molecule has 11 heteroatoms. The zero-order valence-corrected chi connectivity index (χ0v) is 30.2. The van der Waals surface area contributed by atoms with Gasteiger partial charge < -0.3 is 0 Å². The van der Waals surface area contributed by atoms with Gasteiger partial charge in [-0.15, -0.1) is 0 Å². The van der Waals surface area contributed by atoms with Gasteiger partial charge >= 0.3 is 286 Å². The molecule has 3 aromatic carbocycles. The minimum absolute atomic E-state index is 0.0982. The number of hydrogen-bond acceptors (Lipinski definition) is 8. The second kappa shape index (κ2) is 16.0. The zero-order chi connectivity index (χ0) is 34.9. The van der Waals surface area contributed by atoms with Crippen LogP contribution in [-0.2, 0) is 14.9 Å². The van der Waals surface area contributed by atoms with E-state index in [1.807, 2.05) is 124 Å². The number of nitrogens with zero attached hydrogens (tertiary/aromatic N) is 2. The Hall–Kier alpha value is -2.97. The summed E-state index contributed by atoms with van der Waals surface area (Å²) < 4.78 is 13.0. The molecule has 3 rings (SSSR count). The standard InChI is InChI=1S/C36H51N4O5PS/c1-27(2)40(28(3)4)32(24-37)26-46(41,42,43)33(25-39-34(47)38-5)23-35(44-6,45-7)36(29-17-11-8-12-18-29,30-19-13-9-14-20-30)31-21-15-10-16-22-31/h8-22,27-28,32-33,41-43H,23,25-26H2,1-7H3,(H2,38,39,47). The van der Waals surface area contributed by atoms with Crippen LogP contribution in [0.2, 0.25) is 0 Å². The average molecular weight is 683 g/mol. The maximum atomic E-state index is 12.2. The molecule has 0 bridgehead atoms. The van der Waals surface area contributed by atoms with E-state index in [0.29, 0.717) is 0 Å². The summed E-state index contributed by atoms with van der Waals surface area (Å²) in [4.78, 5) is 38.5. The Balaban J connectivity index is 2.37. The van der Waals surface area contributed by atoms with E-state index in [0.717, 1.165) is 16.7 Å². The second-order valence-corrected chi connectivity index (χ2v) is 16.5. The summed E-state index contributed by atoms with van der Waals surface area (Å²) in [7, 11) is -1.07. The van der Waals surface area contributed by atoms with Crippen LogP contribution in [0.4, 0.5) is 0 Å². The van der Waals surface area contributed by atoms with Gasteiger partial charge in [0.15, 0.2) is 0 Å². The van der Waals surface area contributed by atoms with Crippen molar-refractivity contribution in [1.29, 1.82) is 5.26 Å². The maximum absolute atomic E-state index is 12.2. The van der Waals surface area contributed by atoms with Crippen molar-refractivity contribution in [3.8, 4) is 6.07 Å². The number of nitrogens with one attached hydrogen (secondary N) is 2.